The molecule has 1 heterocycles. The van der Waals surface area contributed by atoms with Crippen LogP contribution in [0.25, 0.3) is 10.9 Å². The van der Waals surface area contributed by atoms with Gasteiger partial charge in [0.15, 0.2) is 0 Å². The van der Waals surface area contributed by atoms with Gasteiger partial charge in [0.1, 0.15) is 24.8 Å². The van der Waals surface area contributed by atoms with Gasteiger partial charge in [-0.3, -0.25) is 0 Å². The Morgan fingerprint density at radius 1 is 1.12 bits per heavy atom. The van der Waals surface area contributed by atoms with E-state index in [4.69, 9.17) is 9.47 Å². The van der Waals surface area contributed by atoms with E-state index < -0.39 is 6.67 Å². The second-order valence-electron chi connectivity index (χ2n) is 5.84. The predicted octanol–water partition coefficient (Wildman–Crippen LogP) is 3.86. The first-order valence-electron chi connectivity index (χ1n) is 8.42. The van der Waals surface area contributed by atoms with Gasteiger partial charge in [0.2, 0.25) is 0 Å². The van der Waals surface area contributed by atoms with E-state index in [1.165, 1.54) is 10.9 Å². The molecule has 132 valence electrons. The van der Waals surface area contributed by atoms with Gasteiger partial charge in [-0.1, -0.05) is 12.1 Å². The summed E-state index contributed by atoms with van der Waals surface area (Å²) in [5, 5.41) is 4.64. The van der Waals surface area contributed by atoms with Crippen molar-refractivity contribution < 1.29 is 13.9 Å². The van der Waals surface area contributed by atoms with Crippen molar-refractivity contribution in [2.75, 3.05) is 26.9 Å². The summed E-state index contributed by atoms with van der Waals surface area (Å²) in [4.78, 5) is 3.29. The van der Waals surface area contributed by atoms with Crippen molar-refractivity contribution in [3.8, 4) is 11.5 Å². The topological polar surface area (TPSA) is 46.3 Å². The molecule has 1 aromatic heterocycles. The summed E-state index contributed by atoms with van der Waals surface area (Å²) in [6.07, 6.45) is 2.97. The molecule has 0 spiro atoms. The number of methoxy groups -OCH3 is 1. The van der Waals surface area contributed by atoms with Crippen LogP contribution in [0.5, 0.6) is 11.5 Å². The van der Waals surface area contributed by atoms with Crippen molar-refractivity contribution in [3.05, 3.63) is 59.8 Å². The van der Waals surface area contributed by atoms with E-state index in [1.54, 1.807) is 7.11 Å². The fraction of sp³-hybridized carbons (Fsp3) is 0.300. The Balaban J connectivity index is 1.53. The monoisotopic (exact) mass is 342 g/mol. The minimum atomic E-state index is -0.474. The molecule has 0 saturated heterocycles. The van der Waals surface area contributed by atoms with Gasteiger partial charge in [0.25, 0.3) is 0 Å². The molecule has 0 aliphatic rings. The van der Waals surface area contributed by atoms with Crippen molar-refractivity contribution in [2.45, 2.75) is 13.0 Å². The number of hydrogen-bond donors (Lipinski definition) is 2. The minimum absolute atomic E-state index is 0.0981. The average molecular weight is 342 g/mol. The fourth-order valence-corrected chi connectivity index (χ4v) is 2.85. The largest absolute Gasteiger partial charge is 0.497 e. The Morgan fingerprint density at radius 2 is 2.04 bits per heavy atom. The maximum atomic E-state index is 12.2. The summed E-state index contributed by atoms with van der Waals surface area (Å²) in [7, 11) is 1.68. The SMILES string of the molecule is COc1ccc2[nH]cc(CCNCc3cccc(OCCF)c3)c2c1. The standard InChI is InChI=1S/C20H23FN2O2/c1-24-17-5-6-20-19(12-17)16(14-23-20)7-9-22-13-15-3-2-4-18(11-15)25-10-8-21/h2-6,11-12,14,22-23H,7-10,13H2,1H3. The van der Waals surface area contributed by atoms with E-state index in [1.807, 2.05) is 36.4 Å². The van der Waals surface area contributed by atoms with E-state index in [0.717, 1.165) is 36.3 Å². The van der Waals surface area contributed by atoms with Crippen LogP contribution in [-0.2, 0) is 13.0 Å². The first-order chi connectivity index (χ1) is 12.3. The summed E-state index contributed by atoms with van der Waals surface area (Å²) in [5.74, 6) is 1.58. The average Bonchev–Trinajstić information content (AvgIpc) is 3.06. The molecule has 0 aliphatic carbocycles. The van der Waals surface area contributed by atoms with Gasteiger partial charge in [0.05, 0.1) is 7.11 Å². The van der Waals surface area contributed by atoms with Gasteiger partial charge in [-0.15, -0.1) is 0 Å². The molecule has 0 amide bonds. The number of ether oxygens (including phenoxy) is 2. The zero-order valence-corrected chi connectivity index (χ0v) is 14.3. The zero-order chi connectivity index (χ0) is 17.5. The molecule has 25 heavy (non-hydrogen) atoms. The van der Waals surface area contributed by atoms with Crippen LogP contribution in [0.1, 0.15) is 11.1 Å². The number of alkyl halides is 1. The van der Waals surface area contributed by atoms with Gasteiger partial charge >= 0.3 is 0 Å². The number of nitrogens with one attached hydrogen (secondary N) is 2. The van der Waals surface area contributed by atoms with Crippen LogP contribution in [-0.4, -0.2) is 31.9 Å². The molecule has 0 saturated carbocycles. The lowest BCUT2D eigenvalue weighted by molar-refractivity contribution is 0.273. The molecule has 0 bridgehead atoms. The van der Waals surface area contributed by atoms with Crippen molar-refractivity contribution >= 4 is 10.9 Å². The fourth-order valence-electron chi connectivity index (χ4n) is 2.85. The number of halogens is 1. The number of hydrogen-bond acceptors (Lipinski definition) is 3. The molecular weight excluding hydrogens is 319 g/mol. The smallest absolute Gasteiger partial charge is 0.123 e. The summed E-state index contributed by atoms with van der Waals surface area (Å²) in [6.45, 7) is 1.23. The lowest BCUT2D eigenvalue weighted by Crippen LogP contribution is -2.16. The number of benzene rings is 2. The second-order valence-corrected chi connectivity index (χ2v) is 5.84. The molecule has 5 heteroatoms. The van der Waals surface area contributed by atoms with E-state index >= 15 is 0 Å². The number of fused-ring (bicyclic) bond motifs is 1. The molecule has 0 fully saturated rings. The molecule has 0 atom stereocenters. The molecule has 0 radical (unpaired) electrons. The van der Waals surface area contributed by atoms with Crippen LogP contribution in [0.4, 0.5) is 4.39 Å². The molecule has 3 rings (SSSR count). The van der Waals surface area contributed by atoms with Gasteiger partial charge in [0, 0.05) is 23.6 Å². The van der Waals surface area contributed by atoms with Crippen molar-refractivity contribution in [3.63, 3.8) is 0 Å². The number of aromatic nitrogens is 1. The minimum Gasteiger partial charge on any atom is -0.497 e. The quantitative estimate of drug-likeness (QED) is 0.581. The maximum absolute atomic E-state index is 12.2. The van der Waals surface area contributed by atoms with Crippen LogP contribution in [0.2, 0.25) is 0 Å². The molecule has 0 unspecified atom stereocenters. The first-order valence-corrected chi connectivity index (χ1v) is 8.42. The second kappa shape index (κ2) is 8.53. The zero-order valence-electron chi connectivity index (χ0n) is 14.3. The Labute approximate surface area is 147 Å². The van der Waals surface area contributed by atoms with Crippen molar-refractivity contribution in [1.29, 1.82) is 0 Å². The highest BCUT2D eigenvalue weighted by molar-refractivity contribution is 5.84. The lowest BCUT2D eigenvalue weighted by atomic mass is 10.1. The third kappa shape index (κ3) is 4.51. The summed E-state index contributed by atoms with van der Waals surface area (Å²) < 4.78 is 22.8. The van der Waals surface area contributed by atoms with E-state index in [0.29, 0.717) is 5.75 Å². The number of aromatic amines is 1. The lowest BCUT2D eigenvalue weighted by Gasteiger charge is -2.08. The van der Waals surface area contributed by atoms with Gasteiger partial charge < -0.3 is 19.8 Å². The van der Waals surface area contributed by atoms with Crippen LogP contribution >= 0.6 is 0 Å². The number of rotatable bonds is 9. The third-order valence-corrected chi connectivity index (χ3v) is 4.12. The van der Waals surface area contributed by atoms with E-state index in [2.05, 4.69) is 22.6 Å². The van der Waals surface area contributed by atoms with Crippen molar-refractivity contribution in [1.82, 2.24) is 10.3 Å². The normalized spacial score (nSPS) is 11.0. The summed E-state index contributed by atoms with van der Waals surface area (Å²) in [6, 6.07) is 13.8. The van der Waals surface area contributed by atoms with Gasteiger partial charge in [-0.05, 0) is 54.4 Å². The van der Waals surface area contributed by atoms with Crippen LogP contribution in [0.15, 0.2) is 48.7 Å². The Kier molecular flexibility index (Phi) is 5.90. The molecular formula is C20H23FN2O2. The first kappa shape index (κ1) is 17.3. The third-order valence-electron chi connectivity index (χ3n) is 4.12. The highest BCUT2D eigenvalue weighted by atomic mass is 19.1. The van der Waals surface area contributed by atoms with Crippen molar-refractivity contribution in [2.24, 2.45) is 0 Å². The predicted molar refractivity (Wildman–Crippen MR) is 98.2 cm³/mol. The maximum Gasteiger partial charge on any atom is 0.123 e. The highest BCUT2D eigenvalue weighted by Crippen LogP contribution is 2.23. The van der Waals surface area contributed by atoms with Gasteiger partial charge in [-0.2, -0.15) is 0 Å². The molecule has 2 aromatic carbocycles. The molecule has 0 aliphatic heterocycles. The Hall–Kier alpha value is -2.53. The summed E-state index contributed by atoms with van der Waals surface area (Å²) in [5.41, 5.74) is 3.51. The Bertz CT molecular complexity index is 816. The van der Waals surface area contributed by atoms with Crippen LogP contribution in [0.3, 0.4) is 0 Å². The number of H-pyrrole nitrogens is 1. The molecule has 3 aromatic rings. The van der Waals surface area contributed by atoms with Gasteiger partial charge in [-0.25, -0.2) is 4.39 Å². The van der Waals surface area contributed by atoms with Crippen LogP contribution < -0.4 is 14.8 Å². The van der Waals surface area contributed by atoms with E-state index in [9.17, 15) is 4.39 Å². The summed E-state index contributed by atoms with van der Waals surface area (Å²) >= 11 is 0. The van der Waals surface area contributed by atoms with E-state index in [-0.39, 0.29) is 6.61 Å². The Morgan fingerprint density at radius 3 is 2.88 bits per heavy atom. The molecule has 2 N–H and O–H groups in total. The van der Waals surface area contributed by atoms with Crippen LogP contribution in [0, 0.1) is 0 Å². The highest BCUT2D eigenvalue weighted by Gasteiger charge is 2.05. The molecule has 4 nitrogen and oxygen atoms in total.